The van der Waals surface area contributed by atoms with Crippen molar-refractivity contribution in [2.45, 2.75) is 0 Å². The van der Waals surface area contributed by atoms with Crippen LogP contribution in [0.3, 0.4) is 0 Å². The van der Waals surface area contributed by atoms with Crippen molar-refractivity contribution in [2.75, 3.05) is 50.1 Å². The molecule has 2 heterocycles. The molecule has 1 N–H and O–H groups in total. The van der Waals surface area contributed by atoms with Gasteiger partial charge in [0, 0.05) is 37.7 Å². The van der Waals surface area contributed by atoms with Gasteiger partial charge in [0.15, 0.2) is 5.13 Å². The Balaban J connectivity index is 1.57. The number of nitrogens with one attached hydrogen (secondary N) is 1. The lowest BCUT2D eigenvalue weighted by Gasteiger charge is -2.25. The minimum atomic E-state index is 0.888. The molecule has 1 aliphatic rings. The van der Waals surface area contributed by atoms with Crippen molar-refractivity contribution >= 4 is 38.4 Å². The van der Waals surface area contributed by atoms with E-state index in [0.717, 1.165) is 29.5 Å². The number of thiazole rings is 1. The highest BCUT2D eigenvalue weighted by molar-refractivity contribution is 7.99. The first-order chi connectivity index (χ1) is 9.85. The van der Waals surface area contributed by atoms with Crippen LogP contribution in [0.1, 0.15) is 0 Å². The van der Waals surface area contributed by atoms with Gasteiger partial charge in [0.05, 0.1) is 17.3 Å². The topological polar surface area (TPSA) is 37.4 Å². The summed E-state index contributed by atoms with van der Waals surface area (Å²) in [6.45, 7) is 4.48. The fourth-order valence-electron chi connectivity index (χ4n) is 2.25. The van der Waals surface area contributed by atoms with E-state index in [0.29, 0.717) is 0 Å². The highest BCUT2D eigenvalue weighted by Crippen LogP contribution is 2.28. The van der Waals surface area contributed by atoms with E-state index in [1.54, 1.807) is 18.4 Å². The monoisotopic (exact) mass is 309 g/mol. The summed E-state index contributed by atoms with van der Waals surface area (Å²) in [5.41, 5.74) is 1.03. The summed E-state index contributed by atoms with van der Waals surface area (Å²) >= 11 is 3.74. The third-order valence-electron chi connectivity index (χ3n) is 3.40. The number of hydrogen-bond donors (Lipinski definition) is 1. The summed E-state index contributed by atoms with van der Waals surface area (Å²) in [4.78, 5) is 7.11. The Bertz CT molecular complexity index is 567. The van der Waals surface area contributed by atoms with E-state index < -0.39 is 0 Å². The predicted octanol–water partition coefficient (Wildman–Crippen LogP) is 2.77. The third kappa shape index (κ3) is 3.37. The fourth-order valence-corrected chi connectivity index (χ4v) is 4.15. The van der Waals surface area contributed by atoms with Crippen LogP contribution in [0.25, 0.3) is 10.2 Å². The maximum atomic E-state index is 5.24. The molecule has 0 unspecified atom stereocenters. The van der Waals surface area contributed by atoms with Gasteiger partial charge >= 0.3 is 0 Å². The van der Waals surface area contributed by atoms with Crippen LogP contribution in [0.2, 0.25) is 0 Å². The molecule has 1 fully saturated rings. The summed E-state index contributed by atoms with van der Waals surface area (Å²) in [7, 11) is 1.69. The molecule has 0 amide bonds. The molecule has 0 radical (unpaired) electrons. The van der Waals surface area contributed by atoms with Crippen LogP contribution >= 0.6 is 23.1 Å². The molecular weight excluding hydrogens is 290 g/mol. The van der Waals surface area contributed by atoms with E-state index in [1.807, 2.05) is 18.2 Å². The Morgan fingerprint density at radius 3 is 3.00 bits per heavy atom. The number of methoxy groups -OCH3 is 1. The number of aromatic nitrogens is 1. The van der Waals surface area contributed by atoms with E-state index in [9.17, 15) is 0 Å². The number of rotatable bonds is 5. The lowest BCUT2D eigenvalue weighted by molar-refractivity contribution is 0.314. The molecule has 3 rings (SSSR count). The maximum Gasteiger partial charge on any atom is 0.183 e. The minimum Gasteiger partial charge on any atom is -0.497 e. The molecule has 0 saturated carbocycles. The fraction of sp³-hybridized carbons (Fsp3) is 0.500. The molecule has 1 aromatic heterocycles. The molecular formula is C14H19N3OS2. The Labute approximate surface area is 127 Å². The van der Waals surface area contributed by atoms with Crippen LogP contribution in [0.4, 0.5) is 5.13 Å². The largest absolute Gasteiger partial charge is 0.497 e. The smallest absolute Gasteiger partial charge is 0.183 e. The van der Waals surface area contributed by atoms with Gasteiger partial charge in [-0.25, -0.2) is 4.98 Å². The van der Waals surface area contributed by atoms with E-state index >= 15 is 0 Å². The summed E-state index contributed by atoms with van der Waals surface area (Å²) in [6.07, 6.45) is 0. The number of anilines is 1. The average molecular weight is 309 g/mol. The molecule has 0 atom stereocenters. The minimum absolute atomic E-state index is 0.888. The van der Waals surface area contributed by atoms with Gasteiger partial charge in [-0.1, -0.05) is 11.3 Å². The van der Waals surface area contributed by atoms with E-state index in [4.69, 9.17) is 4.74 Å². The number of thioether (sulfide) groups is 1. The van der Waals surface area contributed by atoms with Gasteiger partial charge in [-0.15, -0.1) is 0 Å². The zero-order chi connectivity index (χ0) is 13.8. The van der Waals surface area contributed by atoms with E-state index in [2.05, 4.69) is 27.0 Å². The number of fused-ring (bicyclic) bond motifs is 1. The van der Waals surface area contributed by atoms with Crippen molar-refractivity contribution < 1.29 is 4.74 Å². The number of ether oxygens (including phenoxy) is 1. The number of hydrogen-bond acceptors (Lipinski definition) is 6. The molecule has 4 nitrogen and oxygen atoms in total. The molecule has 0 bridgehead atoms. The van der Waals surface area contributed by atoms with Gasteiger partial charge in [-0.2, -0.15) is 11.8 Å². The van der Waals surface area contributed by atoms with E-state index in [1.165, 1.54) is 29.3 Å². The molecule has 2 aromatic rings. The first-order valence-electron chi connectivity index (χ1n) is 6.84. The Kier molecular flexibility index (Phi) is 4.65. The van der Waals surface area contributed by atoms with E-state index in [-0.39, 0.29) is 0 Å². The maximum absolute atomic E-state index is 5.24. The van der Waals surface area contributed by atoms with Gasteiger partial charge in [0.2, 0.25) is 0 Å². The second kappa shape index (κ2) is 6.65. The highest BCUT2D eigenvalue weighted by Gasteiger charge is 2.10. The second-order valence-electron chi connectivity index (χ2n) is 4.73. The molecule has 0 spiro atoms. The highest BCUT2D eigenvalue weighted by atomic mass is 32.2. The molecule has 0 aliphatic carbocycles. The molecule has 1 aromatic carbocycles. The first kappa shape index (κ1) is 14.0. The average Bonchev–Trinajstić information content (AvgIpc) is 2.90. The van der Waals surface area contributed by atoms with Crippen LogP contribution in [0.5, 0.6) is 5.75 Å². The van der Waals surface area contributed by atoms with Gasteiger partial charge < -0.3 is 10.1 Å². The SMILES string of the molecule is COc1ccc2nc(NCCN3CCSCC3)sc2c1. The predicted molar refractivity (Wildman–Crippen MR) is 88.4 cm³/mol. The van der Waals surface area contributed by atoms with Gasteiger partial charge in [-0.05, 0) is 18.2 Å². The summed E-state index contributed by atoms with van der Waals surface area (Å²) in [6, 6.07) is 6.01. The summed E-state index contributed by atoms with van der Waals surface area (Å²) < 4.78 is 6.41. The van der Waals surface area contributed by atoms with Crippen molar-refractivity contribution in [3.05, 3.63) is 18.2 Å². The van der Waals surface area contributed by atoms with Crippen molar-refractivity contribution in [1.82, 2.24) is 9.88 Å². The van der Waals surface area contributed by atoms with Crippen LogP contribution in [0, 0.1) is 0 Å². The molecule has 20 heavy (non-hydrogen) atoms. The lowest BCUT2D eigenvalue weighted by atomic mass is 10.3. The summed E-state index contributed by atoms with van der Waals surface area (Å²) in [5.74, 6) is 3.42. The van der Waals surface area contributed by atoms with Crippen LogP contribution in [-0.4, -0.2) is 54.7 Å². The normalized spacial score (nSPS) is 16.4. The molecule has 108 valence electrons. The Morgan fingerprint density at radius 2 is 2.20 bits per heavy atom. The van der Waals surface area contributed by atoms with Crippen molar-refractivity contribution in [2.24, 2.45) is 0 Å². The standard InChI is InChI=1S/C14H19N3OS2/c1-18-11-2-3-12-13(10-11)20-14(16-12)15-4-5-17-6-8-19-9-7-17/h2-3,10H,4-9H2,1H3,(H,15,16). The third-order valence-corrected chi connectivity index (χ3v) is 5.32. The molecule has 6 heteroatoms. The first-order valence-corrected chi connectivity index (χ1v) is 8.81. The van der Waals surface area contributed by atoms with Crippen LogP contribution < -0.4 is 10.1 Å². The van der Waals surface area contributed by atoms with Gasteiger partial charge in [-0.3, -0.25) is 4.90 Å². The van der Waals surface area contributed by atoms with Crippen molar-refractivity contribution in [3.8, 4) is 5.75 Å². The van der Waals surface area contributed by atoms with Crippen LogP contribution in [-0.2, 0) is 0 Å². The zero-order valence-corrected chi connectivity index (χ0v) is 13.2. The van der Waals surface area contributed by atoms with Crippen molar-refractivity contribution in [3.63, 3.8) is 0 Å². The van der Waals surface area contributed by atoms with Crippen LogP contribution in [0.15, 0.2) is 18.2 Å². The van der Waals surface area contributed by atoms with Crippen molar-refractivity contribution in [1.29, 1.82) is 0 Å². The Morgan fingerprint density at radius 1 is 1.35 bits per heavy atom. The molecule has 1 saturated heterocycles. The lowest BCUT2D eigenvalue weighted by Crippen LogP contribution is -2.36. The summed E-state index contributed by atoms with van der Waals surface area (Å²) in [5, 5.41) is 4.44. The quantitative estimate of drug-likeness (QED) is 0.919. The van der Waals surface area contributed by atoms with Gasteiger partial charge in [0.1, 0.15) is 5.75 Å². The zero-order valence-electron chi connectivity index (χ0n) is 11.6. The second-order valence-corrected chi connectivity index (χ2v) is 6.99. The number of nitrogens with zero attached hydrogens (tertiary/aromatic N) is 2. The Hall–Kier alpha value is -0.980. The van der Waals surface area contributed by atoms with Gasteiger partial charge in [0.25, 0.3) is 0 Å². The number of benzene rings is 1. The molecule has 1 aliphatic heterocycles.